The summed E-state index contributed by atoms with van der Waals surface area (Å²) in [5, 5.41) is 13.6. The van der Waals surface area contributed by atoms with E-state index in [2.05, 4.69) is 5.32 Å². The maximum atomic E-state index is 12.2. The Morgan fingerprint density at radius 2 is 1.86 bits per heavy atom. The molecule has 0 unspecified atom stereocenters. The molecule has 0 aromatic heterocycles. The number of amides is 1. The monoisotopic (exact) mass is 302 g/mol. The number of nitrogens with zero attached hydrogens (tertiary/aromatic N) is 1. The fourth-order valence-corrected chi connectivity index (χ4v) is 2.30. The molecule has 2 aromatic rings. The number of nitro benzene ring substituents is 1. The van der Waals surface area contributed by atoms with E-state index in [9.17, 15) is 14.9 Å². The molecule has 0 heterocycles. The molecule has 0 saturated heterocycles. The van der Waals surface area contributed by atoms with Gasteiger partial charge >= 0.3 is 0 Å². The van der Waals surface area contributed by atoms with Gasteiger partial charge in [0.1, 0.15) is 0 Å². The van der Waals surface area contributed by atoms with Crippen LogP contribution in [0.1, 0.15) is 15.9 Å². The third-order valence-corrected chi connectivity index (χ3v) is 3.85. The van der Waals surface area contributed by atoms with Crippen molar-refractivity contribution in [1.82, 2.24) is 0 Å². The summed E-state index contributed by atoms with van der Waals surface area (Å²) in [4.78, 5) is 23.7. The smallest absolute Gasteiger partial charge is 0.274 e. The van der Waals surface area contributed by atoms with Crippen molar-refractivity contribution < 1.29 is 9.72 Å². The number of nitrogens with one attached hydrogen (secondary N) is 1. The molecule has 0 aliphatic heterocycles. The summed E-state index contributed by atoms with van der Waals surface area (Å²) in [7, 11) is 0. The summed E-state index contributed by atoms with van der Waals surface area (Å²) in [5.74, 6) is -0.286. The van der Waals surface area contributed by atoms with Crippen LogP contribution >= 0.6 is 11.8 Å². The lowest BCUT2D eigenvalue weighted by Crippen LogP contribution is -2.13. The Bertz CT molecular complexity index is 684. The minimum absolute atomic E-state index is 0.00877. The van der Waals surface area contributed by atoms with Crippen LogP contribution in [0.2, 0.25) is 0 Å². The number of thioether (sulfide) groups is 1. The third-order valence-electron chi connectivity index (χ3n) is 3.10. The van der Waals surface area contributed by atoms with E-state index in [0.29, 0.717) is 16.8 Å². The van der Waals surface area contributed by atoms with Gasteiger partial charge in [0.05, 0.1) is 16.2 Å². The lowest BCUT2D eigenvalue weighted by atomic mass is 10.1. The van der Waals surface area contributed by atoms with E-state index < -0.39 is 4.92 Å². The van der Waals surface area contributed by atoms with Gasteiger partial charge in [-0.25, -0.2) is 0 Å². The average molecular weight is 302 g/mol. The number of benzene rings is 2. The molecule has 1 amide bonds. The molecular weight excluding hydrogens is 288 g/mol. The second-order valence-electron chi connectivity index (χ2n) is 4.39. The summed E-state index contributed by atoms with van der Waals surface area (Å²) in [6, 6.07) is 11.8. The number of rotatable bonds is 4. The number of hydrogen-bond acceptors (Lipinski definition) is 4. The van der Waals surface area contributed by atoms with Crippen LogP contribution in [0.3, 0.4) is 0 Å². The number of carbonyl (C=O) groups is 1. The predicted octanol–water partition coefficient (Wildman–Crippen LogP) is 3.88. The molecule has 5 nitrogen and oxygen atoms in total. The maximum absolute atomic E-state index is 12.2. The minimum atomic E-state index is -0.460. The predicted molar refractivity (Wildman–Crippen MR) is 84.0 cm³/mol. The molecule has 0 atom stereocenters. The van der Waals surface area contributed by atoms with E-state index in [1.54, 1.807) is 43.0 Å². The van der Waals surface area contributed by atoms with Crippen LogP contribution in [0.4, 0.5) is 11.4 Å². The molecule has 21 heavy (non-hydrogen) atoms. The first-order valence-corrected chi connectivity index (χ1v) is 7.45. The van der Waals surface area contributed by atoms with Crippen molar-refractivity contribution in [2.45, 2.75) is 11.8 Å². The van der Waals surface area contributed by atoms with Crippen LogP contribution in [-0.4, -0.2) is 17.1 Å². The van der Waals surface area contributed by atoms with E-state index in [1.807, 2.05) is 18.4 Å². The lowest BCUT2D eigenvalue weighted by Gasteiger charge is -2.09. The van der Waals surface area contributed by atoms with Gasteiger partial charge in [0.2, 0.25) is 0 Å². The second kappa shape index (κ2) is 6.41. The highest BCUT2D eigenvalue weighted by Gasteiger charge is 2.15. The SMILES string of the molecule is CSc1ccc(C(=O)Nc2cccc([N+](=O)[O-])c2C)cc1. The number of carbonyl (C=O) groups excluding carboxylic acids is 1. The number of anilines is 1. The van der Waals surface area contributed by atoms with Crippen molar-refractivity contribution in [1.29, 1.82) is 0 Å². The highest BCUT2D eigenvalue weighted by Crippen LogP contribution is 2.25. The zero-order valence-electron chi connectivity index (χ0n) is 11.6. The highest BCUT2D eigenvalue weighted by atomic mass is 32.2. The average Bonchev–Trinajstić information content (AvgIpc) is 2.49. The molecule has 2 aromatic carbocycles. The molecule has 0 spiro atoms. The lowest BCUT2D eigenvalue weighted by molar-refractivity contribution is -0.385. The van der Waals surface area contributed by atoms with Gasteiger partial charge in [-0.1, -0.05) is 6.07 Å². The Morgan fingerprint density at radius 1 is 1.19 bits per heavy atom. The van der Waals surface area contributed by atoms with Crippen molar-refractivity contribution in [2.24, 2.45) is 0 Å². The Balaban J connectivity index is 2.23. The van der Waals surface area contributed by atoms with Crippen molar-refractivity contribution >= 4 is 29.0 Å². The van der Waals surface area contributed by atoms with E-state index >= 15 is 0 Å². The summed E-state index contributed by atoms with van der Waals surface area (Å²) < 4.78 is 0. The number of nitro groups is 1. The molecule has 1 N–H and O–H groups in total. The van der Waals surface area contributed by atoms with Crippen LogP contribution in [-0.2, 0) is 0 Å². The number of hydrogen-bond donors (Lipinski definition) is 1. The summed E-state index contributed by atoms with van der Waals surface area (Å²) in [6.07, 6.45) is 1.96. The molecule has 0 aliphatic carbocycles. The molecule has 0 bridgehead atoms. The quantitative estimate of drug-likeness (QED) is 0.528. The van der Waals surface area contributed by atoms with Gasteiger partial charge < -0.3 is 5.32 Å². The molecule has 0 fully saturated rings. The normalized spacial score (nSPS) is 10.2. The molecule has 6 heteroatoms. The first-order valence-electron chi connectivity index (χ1n) is 6.22. The first kappa shape index (κ1) is 15.1. The third kappa shape index (κ3) is 3.41. The van der Waals surface area contributed by atoms with Gasteiger partial charge in [0.25, 0.3) is 11.6 Å². The van der Waals surface area contributed by atoms with Gasteiger partial charge in [-0.05, 0) is 43.5 Å². The van der Waals surface area contributed by atoms with Crippen molar-refractivity contribution in [3.8, 4) is 0 Å². The van der Waals surface area contributed by atoms with Crippen LogP contribution in [0.25, 0.3) is 0 Å². The van der Waals surface area contributed by atoms with E-state index in [0.717, 1.165) is 4.90 Å². The zero-order chi connectivity index (χ0) is 15.4. The van der Waals surface area contributed by atoms with Gasteiger partial charge in [0.15, 0.2) is 0 Å². The Hall–Kier alpha value is -2.34. The van der Waals surface area contributed by atoms with Gasteiger partial charge in [-0.3, -0.25) is 14.9 Å². The van der Waals surface area contributed by atoms with E-state index in [-0.39, 0.29) is 11.6 Å². The molecule has 0 aliphatic rings. The van der Waals surface area contributed by atoms with E-state index in [4.69, 9.17) is 0 Å². The molecule has 108 valence electrons. The largest absolute Gasteiger partial charge is 0.321 e. The fourth-order valence-electron chi connectivity index (χ4n) is 1.89. The van der Waals surface area contributed by atoms with Gasteiger partial charge in [-0.2, -0.15) is 0 Å². The van der Waals surface area contributed by atoms with Crippen molar-refractivity contribution in [2.75, 3.05) is 11.6 Å². The fraction of sp³-hybridized carbons (Fsp3) is 0.133. The Morgan fingerprint density at radius 3 is 2.43 bits per heavy atom. The van der Waals surface area contributed by atoms with Crippen LogP contribution in [0.15, 0.2) is 47.4 Å². The summed E-state index contributed by atoms with van der Waals surface area (Å²) >= 11 is 1.59. The minimum Gasteiger partial charge on any atom is -0.321 e. The van der Waals surface area contributed by atoms with Crippen LogP contribution in [0.5, 0.6) is 0 Å². The van der Waals surface area contributed by atoms with E-state index in [1.165, 1.54) is 6.07 Å². The molecule has 2 rings (SSSR count). The highest BCUT2D eigenvalue weighted by molar-refractivity contribution is 7.98. The topological polar surface area (TPSA) is 72.2 Å². The van der Waals surface area contributed by atoms with Crippen molar-refractivity contribution in [3.63, 3.8) is 0 Å². The summed E-state index contributed by atoms with van der Waals surface area (Å²) in [5.41, 5.74) is 1.39. The molecular formula is C15H14N2O3S. The molecule has 0 saturated carbocycles. The second-order valence-corrected chi connectivity index (χ2v) is 5.27. The van der Waals surface area contributed by atoms with Crippen LogP contribution < -0.4 is 5.32 Å². The van der Waals surface area contributed by atoms with Gasteiger partial charge in [0, 0.05) is 16.5 Å². The first-order chi connectivity index (χ1) is 10.0. The Labute approximate surface area is 126 Å². The standard InChI is InChI=1S/C15H14N2O3S/c1-10-13(4-3-5-14(10)17(19)20)16-15(18)11-6-8-12(21-2)9-7-11/h3-9H,1-2H3,(H,16,18). The summed E-state index contributed by atoms with van der Waals surface area (Å²) in [6.45, 7) is 1.62. The Kier molecular flexibility index (Phi) is 4.59. The van der Waals surface area contributed by atoms with Crippen molar-refractivity contribution in [3.05, 3.63) is 63.7 Å². The zero-order valence-corrected chi connectivity index (χ0v) is 12.4. The van der Waals surface area contributed by atoms with Gasteiger partial charge in [-0.15, -0.1) is 11.8 Å². The van der Waals surface area contributed by atoms with Crippen LogP contribution in [0, 0.1) is 17.0 Å². The maximum Gasteiger partial charge on any atom is 0.274 e. The molecule has 0 radical (unpaired) electrons.